The summed E-state index contributed by atoms with van der Waals surface area (Å²) in [6.45, 7) is 1.53. The van der Waals surface area contributed by atoms with Crippen molar-refractivity contribution in [2.24, 2.45) is 0 Å². The average molecular weight is 280 g/mol. The fourth-order valence-corrected chi connectivity index (χ4v) is 2.33. The summed E-state index contributed by atoms with van der Waals surface area (Å²) >= 11 is 0. The molecule has 0 unspecified atom stereocenters. The molecular formula is C16H16N4O. The number of nitrogen functional groups attached to an aromatic ring is 1. The van der Waals surface area contributed by atoms with E-state index in [0.717, 1.165) is 22.4 Å². The summed E-state index contributed by atoms with van der Waals surface area (Å²) in [5, 5.41) is 0. The molecule has 106 valence electrons. The molecule has 5 nitrogen and oxygen atoms in total. The molecule has 1 aromatic heterocycles. The number of rotatable bonds is 2. The van der Waals surface area contributed by atoms with Gasteiger partial charge in [0, 0.05) is 25.3 Å². The molecule has 3 aromatic rings. The number of benzene rings is 2. The highest BCUT2D eigenvalue weighted by atomic mass is 16.2. The molecule has 2 aromatic carbocycles. The predicted octanol–water partition coefficient (Wildman–Crippen LogP) is 2.59. The number of amides is 1. The molecule has 0 radical (unpaired) electrons. The van der Waals surface area contributed by atoms with Crippen molar-refractivity contribution in [3.05, 3.63) is 48.5 Å². The zero-order valence-corrected chi connectivity index (χ0v) is 11.9. The second-order valence-electron chi connectivity index (χ2n) is 4.89. The number of nitrogens with two attached hydrogens (primary N) is 1. The first kappa shape index (κ1) is 13.2. The van der Waals surface area contributed by atoms with E-state index in [1.54, 1.807) is 11.9 Å². The molecule has 0 atom stereocenters. The van der Waals surface area contributed by atoms with Crippen LogP contribution in [0, 0.1) is 0 Å². The summed E-state index contributed by atoms with van der Waals surface area (Å²) in [7, 11) is 1.74. The minimum Gasteiger partial charge on any atom is -0.369 e. The molecule has 0 bridgehead atoms. The summed E-state index contributed by atoms with van der Waals surface area (Å²) in [6.07, 6.45) is 0. The van der Waals surface area contributed by atoms with Gasteiger partial charge in [-0.25, -0.2) is 4.98 Å². The topological polar surface area (TPSA) is 64.2 Å². The van der Waals surface area contributed by atoms with Crippen LogP contribution in [-0.2, 0) is 4.79 Å². The van der Waals surface area contributed by atoms with E-state index in [2.05, 4.69) is 4.98 Å². The quantitative estimate of drug-likeness (QED) is 0.784. The summed E-state index contributed by atoms with van der Waals surface area (Å²) in [5.41, 5.74) is 9.49. The standard InChI is InChI=1S/C16H16N4O/c1-11(21)19(2)13-8-9-15-14(10-13)18-16(17)20(15)12-6-4-3-5-7-12/h3-10H,1-2H3,(H2,17,18). The van der Waals surface area contributed by atoms with Gasteiger partial charge < -0.3 is 10.6 Å². The van der Waals surface area contributed by atoms with Gasteiger partial charge in [0.25, 0.3) is 0 Å². The summed E-state index contributed by atoms with van der Waals surface area (Å²) in [4.78, 5) is 17.4. The number of imidazole rings is 1. The van der Waals surface area contributed by atoms with Gasteiger partial charge in [-0.1, -0.05) is 18.2 Å². The van der Waals surface area contributed by atoms with E-state index >= 15 is 0 Å². The fourth-order valence-electron chi connectivity index (χ4n) is 2.33. The number of carbonyl (C=O) groups is 1. The first-order chi connectivity index (χ1) is 10.1. The Kier molecular flexibility index (Phi) is 3.10. The van der Waals surface area contributed by atoms with Crippen molar-refractivity contribution >= 4 is 28.6 Å². The largest absolute Gasteiger partial charge is 0.369 e. The van der Waals surface area contributed by atoms with Crippen LogP contribution in [0.3, 0.4) is 0 Å². The van der Waals surface area contributed by atoms with Crippen LogP contribution >= 0.6 is 0 Å². The number of para-hydroxylation sites is 1. The molecule has 1 heterocycles. The van der Waals surface area contributed by atoms with E-state index in [1.807, 2.05) is 53.1 Å². The van der Waals surface area contributed by atoms with Crippen LogP contribution in [0.4, 0.5) is 11.6 Å². The van der Waals surface area contributed by atoms with Crippen LogP contribution in [0.15, 0.2) is 48.5 Å². The van der Waals surface area contributed by atoms with Gasteiger partial charge in [-0.15, -0.1) is 0 Å². The monoisotopic (exact) mass is 280 g/mol. The lowest BCUT2D eigenvalue weighted by Gasteiger charge is -2.14. The highest BCUT2D eigenvalue weighted by molar-refractivity contribution is 5.94. The molecule has 0 saturated heterocycles. The Morgan fingerprint density at radius 2 is 1.90 bits per heavy atom. The Bertz CT molecular complexity index is 808. The molecular weight excluding hydrogens is 264 g/mol. The molecule has 1 amide bonds. The van der Waals surface area contributed by atoms with Crippen molar-refractivity contribution in [3.63, 3.8) is 0 Å². The van der Waals surface area contributed by atoms with E-state index in [4.69, 9.17) is 5.73 Å². The van der Waals surface area contributed by atoms with E-state index in [0.29, 0.717) is 5.95 Å². The third kappa shape index (κ3) is 2.23. The van der Waals surface area contributed by atoms with Crippen LogP contribution in [0.2, 0.25) is 0 Å². The van der Waals surface area contributed by atoms with Crippen LogP contribution < -0.4 is 10.6 Å². The minimum atomic E-state index is -0.0233. The molecule has 0 aliphatic heterocycles. The molecule has 0 saturated carbocycles. The molecule has 21 heavy (non-hydrogen) atoms. The Morgan fingerprint density at radius 3 is 2.57 bits per heavy atom. The Hall–Kier alpha value is -2.82. The fraction of sp³-hybridized carbons (Fsp3) is 0.125. The number of fused-ring (bicyclic) bond motifs is 1. The lowest BCUT2D eigenvalue weighted by Crippen LogP contribution is -2.22. The highest BCUT2D eigenvalue weighted by Crippen LogP contribution is 2.26. The van der Waals surface area contributed by atoms with Crippen molar-refractivity contribution in [3.8, 4) is 5.69 Å². The van der Waals surface area contributed by atoms with Crippen molar-refractivity contribution in [1.82, 2.24) is 9.55 Å². The number of hydrogen-bond acceptors (Lipinski definition) is 3. The van der Waals surface area contributed by atoms with Crippen LogP contribution in [-0.4, -0.2) is 22.5 Å². The Labute approximate surface area is 122 Å². The summed E-state index contributed by atoms with van der Waals surface area (Å²) in [6, 6.07) is 15.5. The molecule has 5 heteroatoms. The van der Waals surface area contributed by atoms with E-state index in [1.165, 1.54) is 6.92 Å². The molecule has 0 aliphatic carbocycles. The van der Waals surface area contributed by atoms with Crippen molar-refractivity contribution < 1.29 is 4.79 Å². The van der Waals surface area contributed by atoms with Gasteiger partial charge in [-0.3, -0.25) is 9.36 Å². The minimum absolute atomic E-state index is 0.0233. The number of nitrogens with zero attached hydrogens (tertiary/aromatic N) is 3. The average Bonchev–Trinajstić information content (AvgIpc) is 2.82. The number of anilines is 2. The number of hydrogen-bond donors (Lipinski definition) is 1. The number of carbonyl (C=O) groups excluding carboxylic acids is 1. The highest BCUT2D eigenvalue weighted by Gasteiger charge is 2.12. The van der Waals surface area contributed by atoms with Gasteiger partial charge in [0.2, 0.25) is 11.9 Å². The summed E-state index contributed by atoms with van der Waals surface area (Å²) < 4.78 is 1.90. The van der Waals surface area contributed by atoms with Crippen LogP contribution in [0.5, 0.6) is 0 Å². The predicted molar refractivity (Wildman–Crippen MR) is 84.6 cm³/mol. The lowest BCUT2D eigenvalue weighted by molar-refractivity contribution is -0.116. The third-order valence-electron chi connectivity index (χ3n) is 3.54. The van der Waals surface area contributed by atoms with Gasteiger partial charge >= 0.3 is 0 Å². The van der Waals surface area contributed by atoms with Gasteiger partial charge in [0.15, 0.2) is 0 Å². The molecule has 0 aliphatic rings. The maximum Gasteiger partial charge on any atom is 0.223 e. The van der Waals surface area contributed by atoms with E-state index in [9.17, 15) is 4.79 Å². The smallest absolute Gasteiger partial charge is 0.223 e. The zero-order valence-electron chi connectivity index (χ0n) is 11.9. The van der Waals surface area contributed by atoms with E-state index in [-0.39, 0.29) is 5.91 Å². The van der Waals surface area contributed by atoms with Crippen molar-refractivity contribution in [1.29, 1.82) is 0 Å². The van der Waals surface area contributed by atoms with Gasteiger partial charge in [0.1, 0.15) is 0 Å². The molecule has 0 fully saturated rings. The normalized spacial score (nSPS) is 10.8. The van der Waals surface area contributed by atoms with Crippen LogP contribution in [0.25, 0.3) is 16.7 Å². The SMILES string of the molecule is CC(=O)N(C)c1ccc2c(c1)nc(N)n2-c1ccccc1. The van der Waals surface area contributed by atoms with Crippen molar-refractivity contribution in [2.75, 3.05) is 17.7 Å². The summed E-state index contributed by atoms with van der Waals surface area (Å²) in [5.74, 6) is 0.406. The van der Waals surface area contributed by atoms with Gasteiger partial charge in [0.05, 0.1) is 11.0 Å². The maximum absolute atomic E-state index is 11.4. The second-order valence-corrected chi connectivity index (χ2v) is 4.89. The second kappa shape index (κ2) is 4.94. The van der Waals surface area contributed by atoms with Gasteiger partial charge in [-0.2, -0.15) is 0 Å². The molecule has 3 rings (SSSR count). The van der Waals surface area contributed by atoms with Gasteiger partial charge in [-0.05, 0) is 30.3 Å². The number of aromatic nitrogens is 2. The lowest BCUT2D eigenvalue weighted by atomic mass is 10.2. The van der Waals surface area contributed by atoms with E-state index < -0.39 is 0 Å². The zero-order chi connectivity index (χ0) is 15.0. The van der Waals surface area contributed by atoms with Crippen LogP contribution in [0.1, 0.15) is 6.92 Å². The third-order valence-corrected chi connectivity index (χ3v) is 3.54. The Morgan fingerprint density at radius 1 is 1.19 bits per heavy atom. The molecule has 0 spiro atoms. The Balaban J connectivity index is 2.17. The van der Waals surface area contributed by atoms with Crippen molar-refractivity contribution in [2.45, 2.75) is 6.92 Å². The first-order valence-corrected chi connectivity index (χ1v) is 6.65. The first-order valence-electron chi connectivity index (χ1n) is 6.65. The molecule has 2 N–H and O–H groups in total. The maximum atomic E-state index is 11.4.